The average molecular weight is 866 g/mol. The van der Waals surface area contributed by atoms with Crippen LogP contribution in [0.25, 0.3) is 0 Å². The fourth-order valence-electron chi connectivity index (χ4n) is 8.14. The van der Waals surface area contributed by atoms with Crippen LogP contribution in [0.4, 0.5) is 8.78 Å². The van der Waals surface area contributed by atoms with Crippen LogP contribution in [-0.2, 0) is 23.7 Å². The van der Waals surface area contributed by atoms with E-state index in [1.807, 2.05) is 55.4 Å². The molecule has 0 aromatic heterocycles. The fraction of sp³-hybridized carbons (Fsp3) is 0.981. The Labute approximate surface area is 375 Å². The van der Waals surface area contributed by atoms with Crippen molar-refractivity contribution in [1.29, 1.82) is 0 Å². The number of hydrogen-bond donors (Lipinski definition) is 0. The van der Waals surface area contributed by atoms with Crippen molar-refractivity contribution >= 4 is 6.21 Å². The van der Waals surface area contributed by atoms with Crippen molar-refractivity contribution in [2.24, 2.45) is 72.0 Å². The van der Waals surface area contributed by atoms with Crippen molar-refractivity contribution in [3.05, 3.63) is 0 Å². The second-order valence-electron chi connectivity index (χ2n) is 26.3. The van der Waals surface area contributed by atoms with Gasteiger partial charge in [0, 0.05) is 18.7 Å². The topological polar surface area (TPSA) is 58.5 Å². The summed E-state index contributed by atoms with van der Waals surface area (Å²) in [6.07, 6.45) is -2.13. The van der Waals surface area contributed by atoms with Gasteiger partial charge in [-0.3, -0.25) is 14.5 Å². The molecule has 4 heterocycles. The number of halogens is 2. The Kier molecular flexibility index (Phi) is 24.2. The normalized spacial score (nSPS) is 29.1. The van der Waals surface area contributed by atoms with Crippen LogP contribution in [-0.4, -0.2) is 62.5 Å². The summed E-state index contributed by atoms with van der Waals surface area (Å²) in [5.41, 5.74) is 1.02. The maximum Gasteiger partial charge on any atom is 0.486 e. The largest absolute Gasteiger partial charge is 0.486 e. The number of aliphatic imine (C=N–C) groups is 1. The molecule has 4 rings (SSSR count). The zero-order valence-electron chi connectivity index (χ0n) is 41.6. The van der Waals surface area contributed by atoms with E-state index >= 15 is 0 Å². The molecule has 3 fully saturated rings. The summed E-state index contributed by atoms with van der Waals surface area (Å²) in [5.74, 6) is 2.34. The number of hydrogen-bond acceptors (Lipinski definition) is 6. The summed E-state index contributed by atoms with van der Waals surface area (Å²) in [7, 11) is 0. The molecule has 8 atom stereocenters. The van der Waals surface area contributed by atoms with Crippen LogP contribution in [0.3, 0.4) is 0 Å². The molecule has 0 bridgehead atoms. The van der Waals surface area contributed by atoms with E-state index in [0.29, 0.717) is 45.3 Å². The van der Waals surface area contributed by atoms with Crippen LogP contribution in [0, 0.1) is 67.0 Å². The summed E-state index contributed by atoms with van der Waals surface area (Å²) < 4.78 is 53.2. The summed E-state index contributed by atoms with van der Waals surface area (Å²) in [6, 6.07) is 0. The summed E-state index contributed by atoms with van der Waals surface area (Å²) >= 11 is 0. The van der Waals surface area contributed by atoms with Gasteiger partial charge in [0.1, 0.15) is 0 Å². The van der Waals surface area contributed by atoms with Gasteiger partial charge in [-0.15, -0.1) is 8.78 Å². The highest BCUT2D eigenvalue weighted by Crippen LogP contribution is 2.48. The van der Waals surface area contributed by atoms with Gasteiger partial charge in [-0.1, -0.05) is 196 Å². The first kappa shape index (κ1) is 65.9. The van der Waals surface area contributed by atoms with Gasteiger partial charge in [-0.2, -0.15) is 0 Å². The maximum atomic E-state index is 13.1. The van der Waals surface area contributed by atoms with Crippen LogP contribution in [0.15, 0.2) is 4.99 Å². The Morgan fingerprint density at radius 2 is 0.683 bits per heavy atom. The van der Waals surface area contributed by atoms with Gasteiger partial charge in [0.2, 0.25) is 0 Å². The molecule has 60 heavy (non-hydrogen) atoms. The fourth-order valence-corrected chi connectivity index (χ4v) is 8.14. The van der Waals surface area contributed by atoms with Gasteiger partial charge < -0.3 is 14.2 Å². The van der Waals surface area contributed by atoms with E-state index in [2.05, 4.69) is 136 Å². The molecule has 0 N–H and O–H groups in total. The Bertz CT molecular complexity index is 1100. The predicted octanol–water partition coefficient (Wildman–Crippen LogP) is 16.3. The molecule has 8 unspecified atom stereocenters. The molecular formula is C52H109F2NO5. The van der Waals surface area contributed by atoms with Gasteiger partial charge in [-0.05, 0) is 74.9 Å². The van der Waals surface area contributed by atoms with Gasteiger partial charge >= 0.3 is 6.29 Å². The molecule has 0 aliphatic carbocycles. The van der Waals surface area contributed by atoms with Gasteiger partial charge in [0.25, 0.3) is 0 Å². The first-order chi connectivity index (χ1) is 24.3. The van der Waals surface area contributed by atoms with Crippen molar-refractivity contribution in [2.75, 3.05) is 19.8 Å². The smallest absolute Gasteiger partial charge is 0.381 e. The Morgan fingerprint density at radius 3 is 0.900 bits per heavy atom. The number of nitrogens with zero attached hydrogens (tertiary/aromatic N) is 1. The molecule has 8 heteroatoms. The molecule has 4 aliphatic rings. The zero-order valence-corrected chi connectivity index (χ0v) is 41.6. The van der Waals surface area contributed by atoms with Crippen LogP contribution in [0.1, 0.15) is 210 Å². The standard InChI is InChI=1S/C13H26O2.C12H23N.C12H24O.C11H20F2O2.4CH4/c1-11(2,3)9-10(12(4,5)6)15-13(7,8)14-9;2*1-11(2,3)9-7-13-8-10(9)12(4,5)6;1-9(2,3)7-8(10(4,5)6)15-11(12,13)14-7;;;;/h9-10H,1-8H3;7,9-10H,8H2,1-6H3;9-10H,7-8H2,1-6H3;7-8H,1-6H3;4*1H4. The van der Waals surface area contributed by atoms with Crippen LogP contribution in [0.5, 0.6) is 0 Å². The molecule has 0 amide bonds. The van der Waals surface area contributed by atoms with Crippen LogP contribution >= 0.6 is 0 Å². The highest BCUT2D eigenvalue weighted by Gasteiger charge is 2.57. The molecule has 0 spiro atoms. The lowest BCUT2D eigenvalue weighted by atomic mass is 9.66. The highest BCUT2D eigenvalue weighted by atomic mass is 19.3. The Morgan fingerprint density at radius 1 is 0.417 bits per heavy atom. The van der Waals surface area contributed by atoms with Crippen molar-refractivity contribution in [1.82, 2.24) is 0 Å². The lowest BCUT2D eigenvalue weighted by Crippen LogP contribution is -2.42. The van der Waals surface area contributed by atoms with Gasteiger partial charge in [0.15, 0.2) is 5.79 Å². The molecule has 6 nitrogen and oxygen atoms in total. The SMILES string of the molecule is C.C.C.C.CC(C)(C)C1C=NCC1C(C)(C)C.CC(C)(C)C1COCC1C(C)(C)C.CC(C)(C)C1OC(F)(F)OC1C(C)(C)C.CC1(C)OC(C(C)(C)C)C(C(C)(C)C)O1. The second kappa shape index (κ2) is 22.0. The number of rotatable bonds is 0. The molecule has 0 aromatic rings. The third-order valence-corrected chi connectivity index (χ3v) is 11.7. The summed E-state index contributed by atoms with van der Waals surface area (Å²) in [4.78, 5) is 4.45. The molecule has 366 valence electrons. The molecular weight excluding hydrogens is 757 g/mol. The van der Waals surface area contributed by atoms with Crippen molar-refractivity contribution in [3.8, 4) is 0 Å². The van der Waals surface area contributed by atoms with Crippen molar-refractivity contribution in [3.63, 3.8) is 0 Å². The third kappa shape index (κ3) is 20.0. The average Bonchev–Trinajstić information content (AvgIpc) is 3.70. The first-order valence-electron chi connectivity index (χ1n) is 21.5. The maximum absolute atomic E-state index is 13.1. The van der Waals surface area contributed by atoms with E-state index in [-0.39, 0.29) is 63.6 Å². The predicted molar refractivity (Wildman–Crippen MR) is 259 cm³/mol. The second-order valence-corrected chi connectivity index (χ2v) is 26.3. The summed E-state index contributed by atoms with van der Waals surface area (Å²) in [5, 5.41) is 0. The summed E-state index contributed by atoms with van der Waals surface area (Å²) in [6.45, 7) is 59.3. The lowest BCUT2D eigenvalue weighted by Gasteiger charge is -2.38. The Balaban J connectivity index is -0.000000342. The number of alkyl halides is 2. The van der Waals surface area contributed by atoms with Gasteiger partial charge in [-0.25, -0.2) is 0 Å². The van der Waals surface area contributed by atoms with E-state index in [9.17, 15) is 8.78 Å². The Hall–Kier alpha value is -0.670. The van der Waals surface area contributed by atoms with E-state index in [1.165, 1.54) is 0 Å². The lowest BCUT2D eigenvalue weighted by molar-refractivity contribution is -0.357. The molecule has 0 aromatic carbocycles. The van der Waals surface area contributed by atoms with Crippen molar-refractivity contribution < 1.29 is 32.5 Å². The quantitative estimate of drug-likeness (QED) is 0.243. The highest BCUT2D eigenvalue weighted by molar-refractivity contribution is 5.64. The van der Waals surface area contributed by atoms with E-state index in [0.717, 1.165) is 19.8 Å². The van der Waals surface area contributed by atoms with Gasteiger partial charge in [0.05, 0.1) is 37.6 Å². The van der Waals surface area contributed by atoms with E-state index < -0.39 is 24.3 Å². The first-order valence-corrected chi connectivity index (χ1v) is 21.5. The minimum atomic E-state index is -3.45. The van der Waals surface area contributed by atoms with Crippen LogP contribution < -0.4 is 0 Å². The van der Waals surface area contributed by atoms with Crippen molar-refractivity contribution in [2.45, 2.75) is 246 Å². The van der Waals surface area contributed by atoms with E-state index in [1.54, 1.807) is 0 Å². The minimum Gasteiger partial charge on any atom is -0.381 e. The zero-order chi connectivity index (χ0) is 44.7. The van der Waals surface area contributed by atoms with E-state index in [4.69, 9.17) is 23.7 Å². The number of ether oxygens (including phenoxy) is 5. The molecule has 0 radical (unpaired) electrons. The molecule has 4 aliphatic heterocycles. The van der Waals surface area contributed by atoms with Crippen LogP contribution in [0.2, 0.25) is 0 Å². The third-order valence-electron chi connectivity index (χ3n) is 11.7. The molecule has 3 saturated heterocycles. The molecule has 0 saturated carbocycles. The monoisotopic (exact) mass is 866 g/mol. The minimum absolute atomic E-state index is 0.